The van der Waals surface area contributed by atoms with Crippen LogP contribution in [0.5, 0.6) is 0 Å². The highest BCUT2D eigenvalue weighted by atomic mass is 16.5. The topological polar surface area (TPSA) is 39.2 Å². The largest absolute Gasteiger partial charge is 0.458 e. The van der Waals surface area contributed by atoms with Gasteiger partial charge in [-0.05, 0) is 18.6 Å². The summed E-state index contributed by atoms with van der Waals surface area (Å²) < 4.78 is 4.93. The minimum Gasteiger partial charge on any atom is -0.458 e. The van der Waals surface area contributed by atoms with Gasteiger partial charge in [0.1, 0.15) is 6.10 Å². The summed E-state index contributed by atoms with van der Waals surface area (Å²) in [6.07, 6.45) is 3.29. The molecule has 0 bridgehead atoms. The second kappa shape index (κ2) is 5.30. The summed E-state index contributed by atoms with van der Waals surface area (Å²) in [4.78, 5) is 14.3. The molecule has 0 aliphatic rings. The van der Waals surface area contributed by atoms with Gasteiger partial charge in [0.25, 0.3) is 6.47 Å². The zero-order valence-corrected chi connectivity index (χ0v) is 7.64. The van der Waals surface area contributed by atoms with Crippen LogP contribution in [0, 0.1) is 0 Å². The summed E-state index contributed by atoms with van der Waals surface area (Å²) >= 11 is 0. The Morgan fingerprint density at radius 3 is 3.00 bits per heavy atom. The molecule has 0 saturated heterocycles. The normalized spacial score (nSPS) is 12.1. The van der Waals surface area contributed by atoms with Crippen LogP contribution in [-0.2, 0) is 9.53 Å². The number of aromatic nitrogens is 1. The van der Waals surface area contributed by atoms with Crippen molar-refractivity contribution in [1.82, 2.24) is 4.98 Å². The molecule has 0 saturated carbocycles. The van der Waals surface area contributed by atoms with E-state index in [0.717, 1.165) is 18.5 Å². The molecule has 0 fully saturated rings. The van der Waals surface area contributed by atoms with Crippen molar-refractivity contribution in [2.45, 2.75) is 25.9 Å². The minimum atomic E-state index is -0.191. The number of carbonyl (C=O) groups excluding carboxylic acids is 1. The van der Waals surface area contributed by atoms with Crippen LogP contribution in [0.25, 0.3) is 0 Å². The molecule has 0 spiro atoms. The van der Waals surface area contributed by atoms with E-state index in [1.54, 1.807) is 6.20 Å². The second-order valence-corrected chi connectivity index (χ2v) is 2.76. The molecule has 13 heavy (non-hydrogen) atoms. The third-order valence-corrected chi connectivity index (χ3v) is 1.79. The van der Waals surface area contributed by atoms with Crippen LogP contribution in [0.2, 0.25) is 0 Å². The molecule has 0 aliphatic carbocycles. The fourth-order valence-electron chi connectivity index (χ4n) is 1.18. The molecule has 0 amide bonds. The smallest absolute Gasteiger partial charge is 0.293 e. The van der Waals surface area contributed by atoms with Gasteiger partial charge in [0.2, 0.25) is 0 Å². The van der Waals surface area contributed by atoms with Gasteiger partial charge in [0, 0.05) is 6.20 Å². The van der Waals surface area contributed by atoms with Crippen molar-refractivity contribution in [2.75, 3.05) is 0 Å². The molecule has 3 heteroatoms. The Balaban J connectivity index is 2.69. The van der Waals surface area contributed by atoms with Gasteiger partial charge in [0.05, 0.1) is 5.69 Å². The summed E-state index contributed by atoms with van der Waals surface area (Å²) in [5.41, 5.74) is 0.816. The summed E-state index contributed by atoms with van der Waals surface area (Å²) in [6, 6.07) is 5.59. The van der Waals surface area contributed by atoms with Crippen LogP contribution in [-0.4, -0.2) is 11.5 Å². The summed E-state index contributed by atoms with van der Waals surface area (Å²) in [5.74, 6) is 0. The number of hydrogen-bond acceptors (Lipinski definition) is 3. The summed E-state index contributed by atoms with van der Waals surface area (Å²) in [7, 11) is 0. The average Bonchev–Trinajstić information content (AvgIpc) is 2.19. The van der Waals surface area contributed by atoms with Crippen molar-refractivity contribution >= 4 is 6.47 Å². The van der Waals surface area contributed by atoms with Gasteiger partial charge in [-0.15, -0.1) is 0 Å². The van der Waals surface area contributed by atoms with Crippen molar-refractivity contribution in [3.63, 3.8) is 0 Å². The lowest BCUT2D eigenvalue weighted by Gasteiger charge is -2.12. The first-order valence-corrected chi connectivity index (χ1v) is 4.38. The average molecular weight is 179 g/mol. The maximum absolute atomic E-state index is 10.2. The monoisotopic (exact) mass is 179 g/mol. The first-order chi connectivity index (χ1) is 6.38. The predicted octanol–water partition coefficient (Wildman–Crippen LogP) is 2.10. The number of carbonyl (C=O) groups is 1. The van der Waals surface area contributed by atoms with Crippen molar-refractivity contribution in [3.8, 4) is 0 Å². The highest BCUT2D eigenvalue weighted by Crippen LogP contribution is 2.18. The molecular formula is C10H13NO2. The minimum absolute atomic E-state index is 0.191. The highest BCUT2D eigenvalue weighted by Gasteiger charge is 2.11. The first-order valence-electron chi connectivity index (χ1n) is 4.38. The lowest BCUT2D eigenvalue weighted by molar-refractivity contribution is -0.134. The molecule has 3 nitrogen and oxygen atoms in total. The summed E-state index contributed by atoms with van der Waals surface area (Å²) in [5, 5.41) is 0. The molecular weight excluding hydrogens is 166 g/mol. The second-order valence-electron chi connectivity index (χ2n) is 2.76. The van der Waals surface area contributed by atoms with Crippen molar-refractivity contribution in [2.24, 2.45) is 0 Å². The molecule has 1 aromatic rings. The molecule has 1 rings (SSSR count). The third kappa shape index (κ3) is 2.86. The molecule has 1 unspecified atom stereocenters. The molecule has 1 heterocycles. The summed E-state index contributed by atoms with van der Waals surface area (Å²) in [6.45, 7) is 2.53. The van der Waals surface area contributed by atoms with Gasteiger partial charge in [0.15, 0.2) is 0 Å². The Kier molecular flexibility index (Phi) is 3.96. The molecule has 1 aromatic heterocycles. The van der Waals surface area contributed by atoms with E-state index in [2.05, 4.69) is 4.98 Å². The van der Waals surface area contributed by atoms with Crippen molar-refractivity contribution in [3.05, 3.63) is 30.1 Å². The standard InChI is InChI=1S/C10H13NO2/c1-2-5-10(13-8-12)9-6-3-4-7-11-9/h3-4,6-8,10H,2,5H2,1H3. The zero-order chi connectivity index (χ0) is 9.52. The maximum atomic E-state index is 10.2. The molecule has 70 valence electrons. The molecule has 1 atom stereocenters. The number of rotatable bonds is 5. The fourth-order valence-corrected chi connectivity index (χ4v) is 1.18. The van der Waals surface area contributed by atoms with E-state index < -0.39 is 0 Å². The van der Waals surface area contributed by atoms with Crippen LogP contribution in [0.3, 0.4) is 0 Å². The Morgan fingerprint density at radius 1 is 1.62 bits per heavy atom. The predicted molar refractivity (Wildman–Crippen MR) is 49.0 cm³/mol. The molecule has 0 radical (unpaired) electrons. The number of pyridine rings is 1. The molecule has 0 aromatic carbocycles. The molecule has 0 aliphatic heterocycles. The van der Waals surface area contributed by atoms with E-state index in [0.29, 0.717) is 6.47 Å². The number of ether oxygens (including phenoxy) is 1. The van der Waals surface area contributed by atoms with Crippen LogP contribution >= 0.6 is 0 Å². The van der Waals surface area contributed by atoms with Crippen LogP contribution in [0.4, 0.5) is 0 Å². The van der Waals surface area contributed by atoms with E-state index >= 15 is 0 Å². The van der Waals surface area contributed by atoms with Gasteiger partial charge in [-0.25, -0.2) is 0 Å². The number of nitrogens with zero attached hydrogens (tertiary/aromatic N) is 1. The van der Waals surface area contributed by atoms with E-state index in [9.17, 15) is 4.79 Å². The highest BCUT2D eigenvalue weighted by molar-refractivity contribution is 5.38. The Morgan fingerprint density at radius 2 is 2.46 bits per heavy atom. The van der Waals surface area contributed by atoms with Crippen molar-refractivity contribution < 1.29 is 9.53 Å². The van der Waals surface area contributed by atoms with Crippen molar-refractivity contribution in [1.29, 1.82) is 0 Å². The van der Waals surface area contributed by atoms with Gasteiger partial charge in [-0.3, -0.25) is 9.78 Å². The third-order valence-electron chi connectivity index (χ3n) is 1.79. The van der Waals surface area contributed by atoms with Gasteiger partial charge in [-0.1, -0.05) is 19.4 Å². The number of hydrogen-bond donors (Lipinski definition) is 0. The van der Waals surface area contributed by atoms with Crippen LogP contribution < -0.4 is 0 Å². The Labute approximate surface area is 77.8 Å². The molecule has 0 N–H and O–H groups in total. The zero-order valence-electron chi connectivity index (χ0n) is 7.64. The Hall–Kier alpha value is -1.38. The first kappa shape index (κ1) is 9.71. The lowest BCUT2D eigenvalue weighted by atomic mass is 10.1. The van der Waals surface area contributed by atoms with E-state index in [1.807, 2.05) is 25.1 Å². The maximum Gasteiger partial charge on any atom is 0.293 e. The van der Waals surface area contributed by atoms with Crippen LogP contribution in [0.1, 0.15) is 31.6 Å². The van der Waals surface area contributed by atoms with Gasteiger partial charge in [-0.2, -0.15) is 0 Å². The fraction of sp³-hybridized carbons (Fsp3) is 0.400. The van der Waals surface area contributed by atoms with E-state index in [4.69, 9.17) is 4.74 Å². The Bertz CT molecular complexity index is 248. The SMILES string of the molecule is CCCC(OC=O)c1ccccn1. The lowest BCUT2D eigenvalue weighted by Crippen LogP contribution is -2.04. The van der Waals surface area contributed by atoms with E-state index in [1.165, 1.54) is 0 Å². The van der Waals surface area contributed by atoms with Gasteiger partial charge >= 0.3 is 0 Å². The van der Waals surface area contributed by atoms with E-state index in [-0.39, 0.29) is 6.10 Å². The quantitative estimate of drug-likeness (QED) is 0.650. The van der Waals surface area contributed by atoms with Crippen LogP contribution in [0.15, 0.2) is 24.4 Å². The van der Waals surface area contributed by atoms with Gasteiger partial charge < -0.3 is 4.74 Å².